The van der Waals surface area contributed by atoms with Crippen LogP contribution in [0.5, 0.6) is 0 Å². The highest BCUT2D eigenvalue weighted by Gasteiger charge is 2.44. The summed E-state index contributed by atoms with van der Waals surface area (Å²) in [6, 6.07) is -0.465. The average molecular weight is 279 g/mol. The van der Waals surface area contributed by atoms with Crippen LogP contribution >= 0.6 is 0 Å². The normalized spacial score (nSPS) is 35.0. The number of hydrogen-bond donors (Lipinski definition) is 2. The number of aliphatic hydroxyl groups is 1. The SMILES string of the molecule is [N-]=[N+]=N[C@H]1C[C@@H](CO)O[C@H]1N1N=NC2C1=CN=CN2N. The molecule has 4 atom stereocenters. The molecule has 0 bridgehead atoms. The lowest BCUT2D eigenvalue weighted by atomic mass is 10.1. The highest BCUT2D eigenvalue weighted by molar-refractivity contribution is 5.58. The minimum absolute atomic E-state index is 0.150. The van der Waals surface area contributed by atoms with Crippen molar-refractivity contribution in [2.75, 3.05) is 6.61 Å². The third-order valence-electron chi connectivity index (χ3n) is 3.29. The number of fused-ring (bicyclic) bond motifs is 1. The van der Waals surface area contributed by atoms with E-state index in [0.29, 0.717) is 12.1 Å². The van der Waals surface area contributed by atoms with Crippen molar-refractivity contribution in [3.05, 3.63) is 22.3 Å². The highest BCUT2D eigenvalue weighted by atomic mass is 16.5. The summed E-state index contributed by atoms with van der Waals surface area (Å²) in [6.45, 7) is -0.150. The number of nitrogens with two attached hydrogens (primary N) is 1. The lowest BCUT2D eigenvalue weighted by Gasteiger charge is -2.28. The van der Waals surface area contributed by atoms with Crippen LogP contribution in [0.25, 0.3) is 10.4 Å². The van der Waals surface area contributed by atoms with Gasteiger partial charge in [0, 0.05) is 4.91 Å². The van der Waals surface area contributed by atoms with E-state index in [9.17, 15) is 5.11 Å². The molecule has 11 nitrogen and oxygen atoms in total. The Labute approximate surface area is 113 Å². The van der Waals surface area contributed by atoms with Crippen LogP contribution in [-0.4, -0.2) is 52.6 Å². The molecule has 11 heteroatoms. The van der Waals surface area contributed by atoms with E-state index in [0.717, 1.165) is 0 Å². The molecule has 3 aliphatic heterocycles. The molecule has 0 radical (unpaired) electrons. The van der Waals surface area contributed by atoms with Gasteiger partial charge in [0.05, 0.1) is 25.0 Å². The van der Waals surface area contributed by atoms with Crippen molar-refractivity contribution in [1.82, 2.24) is 10.0 Å². The van der Waals surface area contributed by atoms with Crippen LogP contribution < -0.4 is 5.84 Å². The number of hydrogen-bond acceptors (Lipinski definition) is 9. The first-order valence-electron chi connectivity index (χ1n) is 6.01. The maximum atomic E-state index is 9.19. The van der Waals surface area contributed by atoms with Crippen molar-refractivity contribution in [2.24, 2.45) is 26.3 Å². The predicted octanol–water partition coefficient (Wildman–Crippen LogP) is -0.159. The predicted molar refractivity (Wildman–Crippen MR) is 66.4 cm³/mol. The van der Waals surface area contributed by atoms with Crippen LogP contribution in [0.2, 0.25) is 0 Å². The lowest BCUT2D eigenvalue weighted by Crippen LogP contribution is -2.45. The van der Waals surface area contributed by atoms with Gasteiger partial charge in [0.15, 0.2) is 6.23 Å². The summed E-state index contributed by atoms with van der Waals surface area (Å²) in [4.78, 5) is 6.78. The van der Waals surface area contributed by atoms with Crippen molar-refractivity contribution in [2.45, 2.75) is 31.0 Å². The third kappa shape index (κ3) is 1.98. The Morgan fingerprint density at radius 2 is 2.50 bits per heavy atom. The van der Waals surface area contributed by atoms with Gasteiger partial charge in [-0.15, -0.1) is 5.11 Å². The first-order valence-corrected chi connectivity index (χ1v) is 6.01. The van der Waals surface area contributed by atoms with Gasteiger partial charge in [-0.25, -0.2) is 15.8 Å². The standard InChI is InChI=1S/C9H13N9O2/c10-15-13-6-1-5(3-19)20-9(6)18-7-2-12-4-17(11)8(7)14-16-18/h2,4-6,8-9,19H,1,3,11H2/t5-,6-,8?,9+/m0/s1. The van der Waals surface area contributed by atoms with Gasteiger partial charge in [-0.2, -0.15) is 0 Å². The number of aliphatic hydroxyl groups excluding tert-OH is 1. The molecule has 0 aromatic heterocycles. The molecule has 0 aromatic carbocycles. The third-order valence-corrected chi connectivity index (χ3v) is 3.29. The van der Waals surface area contributed by atoms with E-state index in [1.165, 1.54) is 16.4 Å². The van der Waals surface area contributed by atoms with Gasteiger partial charge in [0.1, 0.15) is 12.0 Å². The molecule has 0 amide bonds. The largest absolute Gasteiger partial charge is 0.394 e. The Morgan fingerprint density at radius 1 is 1.65 bits per heavy atom. The molecule has 3 aliphatic rings. The molecule has 106 valence electrons. The van der Waals surface area contributed by atoms with E-state index in [-0.39, 0.29) is 6.61 Å². The van der Waals surface area contributed by atoms with E-state index in [4.69, 9.17) is 16.1 Å². The molecular formula is C9H13N9O2. The minimum Gasteiger partial charge on any atom is -0.394 e. The summed E-state index contributed by atoms with van der Waals surface area (Å²) in [6.07, 6.45) is 1.96. The fourth-order valence-electron chi connectivity index (χ4n) is 2.36. The Bertz CT molecular complexity index is 526. The summed E-state index contributed by atoms with van der Waals surface area (Å²) in [5.41, 5.74) is 9.26. The Morgan fingerprint density at radius 3 is 3.25 bits per heavy atom. The van der Waals surface area contributed by atoms with Crippen LogP contribution in [-0.2, 0) is 4.74 Å². The van der Waals surface area contributed by atoms with E-state index in [1.54, 1.807) is 6.20 Å². The zero-order valence-electron chi connectivity index (χ0n) is 10.4. The number of nitrogens with zero attached hydrogens (tertiary/aromatic N) is 8. The number of ether oxygens (including phenoxy) is 1. The fraction of sp³-hybridized carbons (Fsp3) is 0.667. The van der Waals surface area contributed by atoms with Crippen LogP contribution in [0.4, 0.5) is 0 Å². The van der Waals surface area contributed by atoms with Gasteiger partial charge in [0.2, 0.25) is 6.17 Å². The fourth-order valence-corrected chi connectivity index (χ4v) is 2.36. The van der Waals surface area contributed by atoms with E-state index in [2.05, 4.69) is 25.4 Å². The molecule has 20 heavy (non-hydrogen) atoms. The zero-order chi connectivity index (χ0) is 14.1. The Kier molecular flexibility index (Phi) is 3.24. The van der Waals surface area contributed by atoms with E-state index < -0.39 is 24.5 Å². The minimum atomic E-state index is -0.621. The number of rotatable bonds is 3. The molecule has 1 saturated heterocycles. The van der Waals surface area contributed by atoms with Crippen LogP contribution in [0, 0.1) is 0 Å². The molecule has 0 saturated carbocycles. The first-order chi connectivity index (χ1) is 9.74. The number of hydrazine groups is 1. The molecular weight excluding hydrogens is 266 g/mol. The summed E-state index contributed by atoms with van der Waals surface area (Å²) in [7, 11) is 0. The van der Waals surface area contributed by atoms with Crippen LogP contribution in [0.1, 0.15) is 6.42 Å². The topological polar surface area (TPSA) is 148 Å². The van der Waals surface area contributed by atoms with Crippen molar-refractivity contribution in [3.8, 4) is 0 Å². The maximum Gasteiger partial charge on any atom is 0.202 e. The summed E-state index contributed by atoms with van der Waals surface area (Å²) >= 11 is 0. The second kappa shape index (κ2) is 5.06. The lowest BCUT2D eigenvalue weighted by molar-refractivity contribution is -0.0583. The summed E-state index contributed by atoms with van der Waals surface area (Å²) in [5, 5.41) is 23.7. The number of aliphatic imine (C=N–C) groups is 1. The second-order valence-corrected chi connectivity index (χ2v) is 4.53. The second-order valence-electron chi connectivity index (χ2n) is 4.53. The van der Waals surface area contributed by atoms with Crippen molar-refractivity contribution < 1.29 is 9.84 Å². The van der Waals surface area contributed by atoms with Gasteiger partial charge in [-0.05, 0) is 12.0 Å². The van der Waals surface area contributed by atoms with Crippen LogP contribution in [0.3, 0.4) is 0 Å². The molecule has 0 spiro atoms. The van der Waals surface area contributed by atoms with Gasteiger partial charge in [-0.3, -0.25) is 5.01 Å². The monoisotopic (exact) mass is 279 g/mol. The zero-order valence-corrected chi connectivity index (χ0v) is 10.4. The molecule has 3 heterocycles. The average Bonchev–Trinajstić information content (AvgIpc) is 3.03. The first kappa shape index (κ1) is 12.8. The van der Waals surface area contributed by atoms with Crippen LogP contribution in [0.15, 0.2) is 32.3 Å². The molecule has 1 unspecified atom stereocenters. The summed E-state index contributed by atoms with van der Waals surface area (Å²) < 4.78 is 5.65. The van der Waals surface area contributed by atoms with Crippen molar-refractivity contribution in [3.63, 3.8) is 0 Å². The van der Waals surface area contributed by atoms with Gasteiger partial charge < -0.3 is 9.84 Å². The van der Waals surface area contributed by atoms with Gasteiger partial charge >= 0.3 is 0 Å². The van der Waals surface area contributed by atoms with Gasteiger partial charge in [0.25, 0.3) is 0 Å². The molecule has 1 fully saturated rings. The van der Waals surface area contributed by atoms with E-state index >= 15 is 0 Å². The number of azide groups is 1. The smallest absolute Gasteiger partial charge is 0.202 e. The highest BCUT2D eigenvalue weighted by Crippen LogP contribution is 2.34. The summed E-state index contributed by atoms with van der Waals surface area (Å²) in [5.74, 6) is 5.73. The molecule has 3 rings (SSSR count). The maximum absolute atomic E-state index is 9.19. The molecule has 3 N–H and O–H groups in total. The Balaban J connectivity index is 1.85. The van der Waals surface area contributed by atoms with Crippen molar-refractivity contribution >= 4 is 6.34 Å². The van der Waals surface area contributed by atoms with E-state index in [1.807, 2.05) is 0 Å². The van der Waals surface area contributed by atoms with Crippen molar-refractivity contribution in [1.29, 1.82) is 0 Å². The molecule has 0 aliphatic carbocycles. The molecule has 0 aromatic rings. The Hall–Kier alpha value is -2.20. The van der Waals surface area contributed by atoms with Gasteiger partial charge in [-0.1, -0.05) is 10.3 Å². The quantitative estimate of drug-likeness (QED) is 0.318.